The standard InChI is InChI=1S/C18H22N2O4/c1-13-2-6-24-17(13)18(21)20-10-15-9-19(4-7-23-16(15)11-20)8-14-3-5-22-12-14/h2-3,5-6,12,15-16H,4,7-11H2,1H3/t15-,16+/m1/s1. The molecule has 0 saturated carbocycles. The minimum absolute atomic E-state index is 0.0319. The molecule has 0 bridgehead atoms. The Labute approximate surface area is 141 Å². The van der Waals surface area contributed by atoms with E-state index in [4.69, 9.17) is 13.6 Å². The Balaban J connectivity index is 1.42. The third-order valence-corrected chi connectivity index (χ3v) is 4.94. The van der Waals surface area contributed by atoms with Crippen LogP contribution in [0.3, 0.4) is 0 Å². The van der Waals surface area contributed by atoms with Crippen LogP contribution in [0, 0.1) is 12.8 Å². The van der Waals surface area contributed by atoms with E-state index >= 15 is 0 Å². The van der Waals surface area contributed by atoms with Gasteiger partial charge in [-0.25, -0.2) is 0 Å². The lowest BCUT2D eigenvalue weighted by Gasteiger charge is -2.22. The number of carbonyl (C=O) groups excluding carboxylic acids is 1. The second-order valence-electron chi connectivity index (χ2n) is 6.68. The van der Waals surface area contributed by atoms with Gasteiger partial charge in [-0.2, -0.15) is 0 Å². The van der Waals surface area contributed by atoms with Crippen molar-refractivity contribution in [1.29, 1.82) is 0 Å². The molecule has 2 saturated heterocycles. The van der Waals surface area contributed by atoms with Crippen molar-refractivity contribution in [1.82, 2.24) is 9.80 Å². The van der Waals surface area contributed by atoms with Crippen LogP contribution in [0.15, 0.2) is 39.8 Å². The molecule has 2 aromatic heterocycles. The topological polar surface area (TPSA) is 59.1 Å². The number of ether oxygens (including phenoxy) is 1. The van der Waals surface area contributed by atoms with E-state index in [1.165, 1.54) is 5.56 Å². The zero-order valence-electron chi connectivity index (χ0n) is 13.8. The summed E-state index contributed by atoms with van der Waals surface area (Å²) in [5.74, 6) is 0.746. The number of carbonyl (C=O) groups is 1. The lowest BCUT2D eigenvalue weighted by molar-refractivity contribution is 0.0476. The Morgan fingerprint density at radius 2 is 2.17 bits per heavy atom. The van der Waals surface area contributed by atoms with E-state index in [1.807, 2.05) is 24.0 Å². The summed E-state index contributed by atoms with van der Waals surface area (Å²) in [7, 11) is 0. The predicted molar refractivity (Wildman–Crippen MR) is 86.6 cm³/mol. The maximum Gasteiger partial charge on any atom is 0.289 e. The van der Waals surface area contributed by atoms with Crippen LogP contribution in [0.2, 0.25) is 0 Å². The zero-order valence-corrected chi connectivity index (χ0v) is 13.8. The van der Waals surface area contributed by atoms with Gasteiger partial charge in [-0.15, -0.1) is 0 Å². The van der Waals surface area contributed by atoms with Crippen molar-refractivity contribution in [2.24, 2.45) is 5.92 Å². The fraction of sp³-hybridized carbons (Fsp3) is 0.500. The molecule has 0 N–H and O–H groups in total. The quantitative estimate of drug-likeness (QED) is 0.863. The minimum atomic E-state index is -0.0319. The molecule has 128 valence electrons. The fourth-order valence-electron chi connectivity index (χ4n) is 3.65. The summed E-state index contributed by atoms with van der Waals surface area (Å²) in [6, 6.07) is 3.82. The van der Waals surface area contributed by atoms with Gasteiger partial charge in [0.15, 0.2) is 5.76 Å². The van der Waals surface area contributed by atoms with E-state index in [0.717, 1.165) is 25.2 Å². The molecule has 6 heteroatoms. The molecular weight excluding hydrogens is 308 g/mol. The van der Waals surface area contributed by atoms with Crippen molar-refractivity contribution < 1.29 is 18.4 Å². The first kappa shape index (κ1) is 15.5. The van der Waals surface area contributed by atoms with Crippen LogP contribution in [-0.2, 0) is 11.3 Å². The average Bonchev–Trinajstić information content (AvgIpc) is 3.28. The van der Waals surface area contributed by atoms with E-state index in [2.05, 4.69) is 4.90 Å². The Morgan fingerprint density at radius 3 is 2.92 bits per heavy atom. The van der Waals surface area contributed by atoms with Crippen molar-refractivity contribution in [3.05, 3.63) is 47.8 Å². The summed E-state index contributed by atoms with van der Waals surface area (Å²) in [6.45, 7) is 6.64. The van der Waals surface area contributed by atoms with Gasteiger partial charge in [0.25, 0.3) is 5.91 Å². The summed E-state index contributed by atoms with van der Waals surface area (Å²) in [5, 5.41) is 0. The molecule has 24 heavy (non-hydrogen) atoms. The monoisotopic (exact) mass is 330 g/mol. The number of hydrogen-bond acceptors (Lipinski definition) is 5. The highest BCUT2D eigenvalue weighted by Crippen LogP contribution is 2.26. The van der Waals surface area contributed by atoms with Crippen LogP contribution in [0.5, 0.6) is 0 Å². The second kappa shape index (κ2) is 6.45. The summed E-state index contributed by atoms with van der Waals surface area (Å²) >= 11 is 0. The average molecular weight is 330 g/mol. The van der Waals surface area contributed by atoms with Crippen LogP contribution in [-0.4, -0.2) is 54.6 Å². The molecule has 2 aliphatic rings. The lowest BCUT2D eigenvalue weighted by Crippen LogP contribution is -2.33. The third-order valence-electron chi connectivity index (χ3n) is 4.94. The van der Waals surface area contributed by atoms with Gasteiger partial charge in [0.2, 0.25) is 0 Å². The molecule has 2 aromatic rings. The van der Waals surface area contributed by atoms with Gasteiger partial charge < -0.3 is 18.5 Å². The molecule has 4 heterocycles. The minimum Gasteiger partial charge on any atom is -0.472 e. The molecule has 0 unspecified atom stereocenters. The zero-order chi connectivity index (χ0) is 16.5. The van der Waals surface area contributed by atoms with E-state index in [9.17, 15) is 4.79 Å². The van der Waals surface area contributed by atoms with E-state index in [0.29, 0.717) is 31.4 Å². The number of amides is 1. The van der Waals surface area contributed by atoms with Gasteiger partial charge in [-0.3, -0.25) is 9.69 Å². The van der Waals surface area contributed by atoms with Crippen molar-refractivity contribution in [3.8, 4) is 0 Å². The molecule has 0 aliphatic carbocycles. The molecule has 6 nitrogen and oxygen atoms in total. The molecule has 2 aliphatic heterocycles. The summed E-state index contributed by atoms with van der Waals surface area (Å²) < 4.78 is 16.5. The molecule has 0 spiro atoms. The van der Waals surface area contributed by atoms with Crippen LogP contribution in [0.1, 0.15) is 21.7 Å². The Hall–Kier alpha value is -2.05. The summed E-state index contributed by atoms with van der Waals surface area (Å²) in [5.41, 5.74) is 2.06. The number of aryl methyl sites for hydroxylation is 1. The maximum atomic E-state index is 12.6. The van der Waals surface area contributed by atoms with Crippen molar-refractivity contribution in [2.45, 2.75) is 19.6 Å². The van der Waals surface area contributed by atoms with E-state index in [1.54, 1.807) is 18.8 Å². The van der Waals surface area contributed by atoms with Gasteiger partial charge in [0.05, 0.1) is 31.5 Å². The maximum absolute atomic E-state index is 12.6. The number of likely N-dealkylation sites (tertiary alicyclic amines) is 1. The molecule has 2 fully saturated rings. The summed E-state index contributed by atoms with van der Waals surface area (Å²) in [4.78, 5) is 16.9. The third kappa shape index (κ3) is 2.99. The SMILES string of the molecule is Cc1ccoc1C(=O)N1C[C@H]2CN(Cc3ccoc3)CCO[C@H]2C1. The van der Waals surface area contributed by atoms with Gasteiger partial charge in [-0.1, -0.05) is 0 Å². The largest absolute Gasteiger partial charge is 0.472 e. The first-order valence-electron chi connectivity index (χ1n) is 8.39. The normalized spacial score (nSPS) is 24.8. The Bertz CT molecular complexity index is 694. The van der Waals surface area contributed by atoms with Crippen molar-refractivity contribution in [3.63, 3.8) is 0 Å². The van der Waals surface area contributed by atoms with E-state index < -0.39 is 0 Å². The number of nitrogens with zero attached hydrogens (tertiary/aromatic N) is 2. The number of rotatable bonds is 3. The van der Waals surface area contributed by atoms with Crippen LogP contribution in [0.25, 0.3) is 0 Å². The molecule has 4 rings (SSSR count). The number of furan rings is 2. The van der Waals surface area contributed by atoms with Crippen molar-refractivity contribution in [2.75, 3.05) is 32.8 Å². The lowest BCUT2D eigenvalue weighted by atomic mass is 10.1. The Kier molecular flexibility index (Phi) is 4.16. The van der Waals surface area contributed by atoms with Crippen LogP contribution < -0.4 is 0 Å². The molecule has 0 aromatic carbocycles. The molecule has 1 amide bonds. The highest BCUT2D eigenvalue weighted by atomic mass is 16.5. The number of hydrogen-bond donors (Lipinski definition) is 0. The van der Waals surface area contributed by atoms with Gasteiger partial charge in [-0.05, 0) is 19.1 Å². The predicted octanol–water partition coefficient (Wildman–Crippen LogP) is 2.15. The summed E-state index contributed by atoms with van der Waals surface area (Å²) in [6.07, 6.45) is 5.17. The second-order valence-corrected chi connectivity index (χ2v) is 6.68. The number of fused-ring (bicyclic) bond motifs is 1. The van der Waals surface area contributed by atoms with Crippen LogP contribution >= 0.6 is 0 Å². The van der Waals surface area contributed by atoms with Crippen molar-refractivity contribution >= 4 is 5.91 Å². The van der Waals surface area contributed by atoms with Gasteiger partial charge in [0.1, 0.15) is 0 Å². The first-order chi connectivity index (χ1) is 11.7. The van der Waals surface area contributed by atoms with Crippen LogP contribution in [0.4, 0.5) is 0 Å². The van der Waals surface area contributed by atoms with E-state index in [-0.39, 0.29) is 12.0 Å². The molecular formula is C18H22N2O4. The Morgan fingerprint density at radius 1 is 1.25 bits per heavy atom. The molecule has 2 atom stereocenters. The molecule has 0 radical (unpaired) electrons. The first-order valence-corrected chi connectivity index (χ1v) is 8.39. The smallest absolute Gasteiger partial charge is 0.289 e. The highest BCUT2D eigenvalue weighted by molar-refractivity contribution is 5.93. The highest BCUT2D eigenvalue weighted by Gasteiger charge is 2.39. The fourth-order valence-corrected chi connectivity index (χ4v) is 3.65. The van der Waals surface area contributed by atoms with Gasteiger partial charge >= 0.3 is 0 Å². The van der Waals surface area contributed by atoms with Gasteiger partial charge in [0, 0.05) is 49.8 Å².